The minimum Gasteiger partial charge on any atom is -0.377 e. The average molecular weight is 507 g/mol. The lowest BCUT2D eigenvalue weighted by Gasteiger charge is -2.13. The number of ether oxygens (including phenoxy) is 1. The van der Waals surface area contributed by atoms with Crippen molar-refractivity contribution in [1.82, 2.24) is 40.0 Å². The molecule has 0 aliphatic rings. The van der Waals surface area contributed by atoms with E-state index in [4.69, 9.17) is 9.26 Å². The molecule has 37 heavy (non-hydrogen) atoms. The molecule has 0 fully saturated rings. The highest BCUT2D eigenvalue weighted by Crippen LogP contribution is 2.26. The van der Waals surface area contributed by atoms with Crippen LogP contribution < -0.4 is 10.6 Å². The number of pyridine rings is 2. The van der Waals surface area contributed by atoms with Gasteiger partial charge in [0.15, 0.2) is 11.6 Å². The standard InChI is InChI=1S/C23H19F2N9O3/c1-36-12-18-30-19(37-33-18)11-27-23(35)13-10-26-8-7-14(13)29-22-17-6-3-9-34(17)32-21(31-22)16-5-2-4-15(28-16)20(24)25/h2-10,20H,11-12H2,1H3,(H,27,35)(H,26,29,31,32). The molecule has 5 aromatic heterocycles. The van der Waals surface area contributed by atoms with Gasteiger partial charge in [0.1, 0.15) is 23.5 Å². The normalized spacial score (nSPS) is 11.2. The number of carbonyl (C=O) groups is 1. The van der Waals surface area contributed by atoms with Crippen LogP contribution in [0, 0.1) is 0 Å². The van der Waals surface area contributed by atoms with Gasteiger partial charge in [0, 0.05) is 25.7 Å². The second-order valence-electron chi connectivity index (χ2n) is 7.64. The van der Waals surface area contributed by atoms with Crippen molar-refractivity contribution in [1.29, 1.82) is 0 Å². The van der Waals surface area contributed by atoms with Gasteiger partial charge in [-0.3, -0.25) is 9.78 Å². The van der Waals surface area contributed by atoms with E-state index in [1.165, 1.54) is 36.2 Å². The highest BCUT2D eigenvalue weighted by atomic mass is 19.3. The highest BCUT2D eigenvalue weighted by molar-refractivity contribution is 6.00. The molecule has 0 unspecified atom stereocenters. The molecule has 188 valence electrons. The first kappa shape index (κ1) is 23.9. The van der Waals surface area contributed by atoms with Gasteiger partial charge in [-0.15, -0.1) is 5.10 Å². The lowest BCUT2D eigenvalue weighted by molar-refractivity contribution is 0.0946. The van der Waals surface area contributed by atoms with Crippen LogP contribution in [0.15, 0.2) is 59.5 Å². The predicted molar refractivity (Wildman–Crippen MR) is 125 cm³/mol. The minimum absolute atomic E-state index is 0.00334. The summed E-state index contributed by atoms with van der Waals surface area (Å²) in [6, 6.07) is 9.37. The Morgan fingerprint density at radius 2 is 2.05 bits per heavy atom. The molecule has 0 aromatic carbocycles. The summed E-state index contributed by atoms with van der Waals surface area (Å²) in [5, 5.41) is 14.0. The molecular formula is C23H19F2N9O3. The molecule has 0 radical (unpaired) electrons. The molecule has 12 nitrogen and oxygen atoms in total. The van der Waals surface area contributed by atoms with Gasteiger partial charge in [-0.25, -0.2) is 23.3 Å². The molecule has 5 rings (SSSR count). The van der Waals surface area contributed by atoms with Crippen LogP contribution in [0.5, 0.6) is 0 Å². The van der Waals surface area contributed by atoms with Crippen LogP contribution in [0.2, 0.25) is 0 Å². The van der Waals surface area contributed by atoms with Crippen LogP contribution in [0.1, 0.15) is 34.2 Å². The van der Waals surface area contributed by atoms with Crippen molar-refractivity contribution in [3.63, 3.8) is 0 Å². The summed E-state index contributed by atoms with van der Waals surface area (Å²) < 4.78 is 37.9. The Balaban J connectivity index is 1.42. The zero-order valence-electron chi connectivity index (χ0n) is 19.3. The van der Waals surface area contributed by atoms with Crippen LogP contribution in [0.4, 0.5) is 20.3 Å². The Morgan fingerprint density at radius 1 is 1.16 bits per heavy atom. The topological polar surface area (TPSA) is 145 Å². The fourth-order valence-electron chi connectivity index (χ4n) is 3.45. The van der Waals surface area contributed by atoms with E-state index >= 15 is 0 Å². The molecule has 5 heterocycles. The van der Waals surface area contributed by atoms with E-state index in [1.807, 2.05) is 0 Å². The number of nitrogens with zero attached hydrogens (tertiary/aromatic N) is 7. The van der Waals surface area contributed by atoms with Crippen molar-refractivity contribution >= 4 is 22.9 Å². The second kappa shape index (κ2) is 10.4. The van der Waals surface area contributed by atoms with Gasteiger partial charge >= 0.3 is 0 Å². The molecule has 2 N–H and O–H groups in total. The van der Waals surface area contributed by atoms with Crippen molar-refractivity contribution in [3.05, 3.63) is 78.0 Å². The first-order valence-corrected chi connectivity index (χ1v) is 10.9. The maximum absolute atomic E-state index is 13.2. The van der Waals surface area contributed by atoms with Gasteiger partial charge < -0.3 is 19.9 Å². The van der Waals surface area contributed by atoms with Gasteiger partial charge in [0.05, 0.1) is 17.8 Å². The minimum atomic E-state index is -2.73. The van der Waals surface area contributed by atoms with Crippen molar-refractivity contribution in [2.24, 2.45) is 0 Å². The maximum Gasteiger partial charge on any atom is 0.280 e. The number of aromatic nitrogens is 7. The molecule has 1 amide bonds. The quantitative estimate of drug-likeness (QED) is 0.305. The van der Waals surface area contributed by atoms with E-state index in [9.17, 15) is 13.6 Å². The number of halogens is 2. The number of rotatable bonds is 9. The van der Waals surface area contributed by atoms with Gasteiger partial charge in [0.2, 0.25) is 11.7 Å². The molecule has 0 aliphatic carbocycles. The monoisotopic (exact) mass is 507 g/mol. The molecule has 0 spiro atoms. The smallest absolute Gasteiger partial charge is 0.280 e. The highest BCUT2D eigenvalue weighted by Gasteiger charge is 2.18. The number of hydrogen-bond donors (Lipinski definition) is 2. The summed E-state index contributed by atoms with van der Waals surface area (Å²) in [6.07, 6.45) is 1.86. The van der Waals surface area contributed by atoms with E-state index in [0.29, 0.717) is 22.8 Å². The van der Waals surface area contributed by atoms with E-state index < -0.39 is 12.3 Å². The van der Waals surface area contributed by atoms with Crippen LogP contribution in [0.3, 0.4) is 0 Å². The van der Waals surface area contributed by atoms with E-state index in [1.54, 1.807) is 30.5 Å². The fraction of sp³-hybridized carbons (Fsp3) is 0.174. The summed E-state index contributed by atoms with van der Waals surface area (Å²) in [4.78, 5) is 29.6. The summed E-state index contributed by atoms with van der Waals surface area (Å²) in [7, 11) is 1.51. The summed E-state index contributed by atoms with van der Waals surface area (Å²) >= 11 is 0. The van der Waals surface area contributed by atoms with Crippen molar-refractivity contribution in [2.45, 2.75) is 19.6 Å². The number of anilines is 2. The number of fused-ring (bicyclic) bond motifs is 1. The second-order valence-corrected chi connectivity index (χ2v) is 7.64. The van der Waals surface area contributed by atoms with E-state index in [0.717, 1.165) is 0 Å². The third-order valence-electron chi connectivity index (χ3n) is 5.12. The third kappa shape index (κ3) is 5.23. The molecule has 5 aromatic rings. The molecule has 14 heteroatoms. The number of nitrogens with one attached hydrogen (secondary N) is 2. The number of alkyl halides is 2. The lowest BCUT2D eigenvalue weighted by atomic mass is 10.2. The van der Waals surface area contributed by atoms with Gasteiger partial charge in [-0.05, 0) is 30.3 Å². The van der Waals surface area contributed by atoms with Crippen LogP contribution in [-0.4, -0.2) is 47.7 Å². The molecule has 0 atom stereocenters. The average Bonchev–Trinajstić information content (AvgIpc) is 3.57. The number of amides is 1. The van der Waals surface area contributed by atoms with Crippen LogP contribution in [0.25, 0.3) is 17.0 Å². The molecule has 0 bridgehead atoms. The molecule has 0 aliphatic heterocycles. The molecular weight excluding hydrogens is 488 g/mol. The fourth-order valence-corrected chi connectivity index (χ4v) is 3.45. The largest absolute Gasteiger partial charge is 0.377 e. The van der Waals surface area contributed by atoms with Crippen molar-refractivity contribution in [3.8, 4) is 11.5 Å². The lowest BCUT2D eigenvalue weighted by Crippen LogP contribution is -2.24. The Labute approximate surface area is 207 Å². The third-order valence-corrected chi connectivity index (χ3v) is 5.12. The first-order valence-electron chi connectivity index (χ1n) is 10.9. The van der Waals surface area contributed by atoms with E-state index in [-0.39, 0.29) is 41.8 Å². The molecule has 0 saturated heterocycles. The summed E-state index contributed by atoms with van der Waals surface area (Å²) in [5.74, 6) is 0.583. The predicted octanol–water partition coefficient (Wildman–Crippen LogP) is 3.33. The summed E-state index contributed by atoms with van der Waals surface area (Å²) in [6.45, 7) is 0.182. The van der Waals surface area contributed by atoms with Crippen molar-refractivity contribution in [2.75, 3.05) is 12.4 Å². The van der Waals surface area contributed by atoms with Gasteiger partial charge in [-0.1, -0.05) is 11.2 Å². The molecule has 0 saturated carbocycles. The zero-order chi connectivity index (χ0) is 25.8. The van der Waals surface area contributed by atoms with Crippen molar-refractivity contribution < 1.29 is 22.8 Å². The number of hydrogen-bond acceptors (Lipinski definition) is 10. The Hall–Kier alpha value is -4.85. The summed E-state index contributed by atoms with van der Waals surface area (Å²) in [5.41, 5.74) is 1.01. The SMILES string of the molecule is COCc1noc(CNC(=O)c2cnccc2Nc2nc(-c3cccc(C(F)F)n3)nn3cccc23)n1. The van der Waals surface area contributed by atoms with Crippen LogP contribution in [-0.2, 0) is 17.9 Å². The van der Waals surface area contributed by atoms with Gasteiger partial charge in [0.25, 0.3) is 12.3 Å². The number of carbonyl (C=O) groups excluding carboxylic acids is 1. The Morgan fingerprint density at radius 3 is 2.89 bits per heavy atom. The Bertz CT molecular complexity index is 1550. The Kier molecular flexibility index (Phi) is 6.72. The zero-order valence-corrected chi connectivity index (χ0v) is 19.3. The number of methoxy groups -OCH3 is 1. The van der Waals surface area contributed by atoms with Gasteiger partial charge in [-0.2, -0.15) is 4.98 Å². The van der Waals surface area contributed by atoms with Crippen LogP contribution >= 0.6 is 0 Å². The first-order chi connectivity index (χ1) is 18.0. The van der Waals surface area contributed by atoms with E-state index in [2.05, 4.69) is 40.8 Å². The maximum atomic E-state index is 13.2.